The molecule has 0 radical (unpaired) electrons. The second-order valence-electron chi connectivity index (χ2n) is 5.44. The van der Waals surface area contributed by atoms with E-state index in [0.29, 0.717) is 53.8 Å². The summed E-state index contributed by atoms with van der Waals surface area (Å²) in [6.07, 6.45) is -4.50. The first-order valence-electron chi connectivity index (χ1n) is 7.38. The van der Waals surface area contributed by atoms with Gasteiger partial charge in [-0.05, 0) is 12.1 Å². The molecule has 0 spiro atoms. The summed E-state index contributed by atoms with van der Waals surface area (Å²) < 4.78 is 38.0. The van der Waals surface area contributed by atoms with Crippen molar-refractivity contribution in [2.24, 2.45) is 0 Å². The Balaban J connectivity index is 1.76. The van der Waals surface area contributed by atoms with E-state index in [-0.39, 0.29) is 10.7 Å². The molecule has 1 fully saturated rings. The number of rotatable bonds is 2. The van der Waals surface area contributed by atoms with Gasteiger partial charge in [-0.3, -0.25) is 0 Å². The van der Waals surface area contributed by atoms with E-state index in [1.54, 1.807) is 4.90 Å². The van der Waals surface area contributed by atoms with Crippen LogP contribution in [0.3, 0.4) is 0 Å². The van der Waals surface area contributed by atoms with Crippen molar-refractivity contribution in [1.29, 1.82) is 10.5 Å². The highest BCUT2D eigenvalue weighted by atomic mass is 35.5. The number of halogens is 4. The van der Waals surface area contributed by atoms with Crippen LogP contribution in [0.5, 0.6) is 0 Å². The Bertz CT molecular complexity index is 906. The van der Waals surface area contributed by atoms with Crippen molar-refractivity contribution in [2.45, 2.75) is 6.18 Å². The summed E-state index contributed by atoms with van der Waals surface area (Å²) in [5, 5.41) is 24.6. The smallest absolute Gasteiger partial charge is 0.366 e. The minimum atomic E-state index is -4.50. The molecule has 6 nitrogen and oxygen atoms in total. The van der Waals surface area contributed by atoms with Crippen LogP contribution in [0.25, 0.3) is 0 Å². The lowest BCUT2D eigenvalue weighted by atomic mass is 10.1. The van der Waals surface area contributed by atoms with Gasteiger partial charge in [0.15, 0.2) is 0 Å². The van der Waals surface area contributed by atoms with Crippen LogP contribution < -0.4 is 9.80 Å². The topological polar surface area (TPSA) is 79.8 Å². The fourth-order valence-electron chi connectivity index (χ4n) is 2.65. The first-order chi connectivity index (χ1) is 12.3. The van der Waals surface area contributed by atoms with Crippen LogP contribution in [0.15, 0.2) is 12.1 Å². The maximum absolute atomic E-state index is 12.7. The molecule has 0 bridgehead atoms. The summed E-state index contributed by atoms with van der Waals surface area (Å²) in [5.74, 6) is 0. The van der Waals surface area contributed by atoms with Crippen molar-refractivity contribution in [1.82, 2.24) is 10.2 Å². The first kappa shape index (κ1) is 18.2. The zero-order chi connectivity index (χ0) is 18.9. The largest absolute Gasteiger partial charge is 0.445 e. The molecule has 1 aliphatic heterocycles. The van der Waals surface area contributed by atoms with Crippen molar-refractivity contribution in [2.75, 3.05) is 36.0 Å². The number of aromatic nitrogens is 2. The predicted octanol–water partition coefficient (Wildman–Crippen LogP) is 3.28. The number of alkyl halides is 3. The van der Waals surface area contributed by atoms with Gasteiger partial charge in [0.05, 0.1) is 27.9 Å². The third-order valence-electron chi connectivity index (χ3n) is 3.84. The zero-order valence-electron chi connectivity index (χ0n) is 13.1. The molecule has 3 rings (SSSR count). The highest BCUT2D eigenvalue weighted by Crippen LogP contribution is 2.36. The maximum atomic E-state index is 12.7. The monoisotopic (exact) mass is 398 g/mol. The lowest BCUT2D eigenvalue weighted by Crippen LogP contribution is -2.46. The molecular weight excluding hydrogens is 389 g/mol. The van der Waals surface area contributed by atoms with E-state index in [0.717, 1.165) is 0 Å². The second kappa shape index (κ2) is 6.98. The van der Waals surface area contributed by atoms with Crippen LogP contribution in [0.1, 0.15) is 16.1 Å². The molecule has 0 amide bonds. The van der Waals surface area contributed by atoms with Gasteiger partial charge in [0.25, 0.3) is 0 Å². The standard InChI is InChI=1S/C15H10ClF3N6S/c16-11-6-9(7-20)5-10(8-21)12(11)24-1-3-25(4-2-24)14-23-22-13(26-14)15(17,18)19/h5-6H,1-4H2. The van der Waals surface area contributed by atoms with E-state index >= 15 is 0 Å². The van der Waals surface area contributed by atoms with Gasteiger partial charge in [0.1, 0.15) is 6.07 Å². The molecule has 1 saturated heterocycles. The SMILES string of the molecule is N#Cc1cc(Cl)c(N2CCN(c3nnc(C(F)(F)F)s3)CC2)c(C#N)c1. The van der Waals surface area contributed by atoms with Gasteiger partial charge in [-0.25, -0.2) is 0 Å². The summed E-state index contributed by atoms with van der Waals surface area (Å²) in [6.45, 7) is 1.71. The molecular formula is C15H10ClF3N6S. The number of hydrogen-bond acceptors (Lipinski definition) is 7. The molecule has 0 saturated carbocycles. The average molecular weight is 399 g/mol. The summed E-state index contributed by atoms with van der Waals surface area (Å²) in [7, 11) is 0. The minimum Gasteiger partial charge on any atom is -0.366 e. The van der Waals surface area contributed by atoms with Gasteiger partial charge >= 0.3 is 6.18 Å². The van der Waals surface area contributed by atoms with Crippen LogP contribution in [0, 0.1) is 22.7 Å². The van der Waals surface area contributed by atoms with Crippen molar-refractivity contribution < 1.29 is 13.2 Å². The van der Waals surface area contributed by atoms with E-state index in [1.165, 1.54) is 12.1 Å². The van der Waals surface area contributed by atoms with Gasteiger partial charge in [0, 0.05) is 26.2 Å². The molecule has 0 atom stereocenters. The molecule has 2 heterocycles. The van der Waals surface area contributed by atoms with E-state index < -0.39 is 11.2 Å². The quantitative estimate of drug-likeness (QED) is 0.772. The van der Waals surface area contributed by atoms with Gasteiger partial charge in [-0.2, -0.15) is 23.7 Å². The fourth-order valence-corrected chi connectivity index (χ4v) is 3.75. The minimum absolute atomic E-state index is 0.211. The number of benzene rings is 1. The number of nitriles is 2. The Labute approximate surface area is 155 Å². The molecule has 1 aromatic carbocycles. The highest BCUT2D eigenvalue weighted by Gasteiger charge is 2.36. The molecule has 0 aliphatic carbocycles. The molecule has 2 aromatic rings. The number of hydrogen-bond donors (Lipinski definition) is 0. The number of nitrogens with zero attached hydrogens (tertiary/aromatic N) is 6. The molecule has 26 heavy (non-hydrogen) atoms. The van der Waals surface area contributed by atoms with Crippen molar-refractivity contribution in [3.8, 4) is 12.1 Å². The molecule has 0 N–H and O–H groups in total. The zero-order valence-corrected chi connectivity index (χ0v) is 14.7. The molecule has 11 heteroatoms. The Morgan fingerprint density at radius 2 is 1.69 bits per heavy atom. The second-order valence-corrected chi connectivity index (χ2v) is 6.80. The van der Waals surface area contributed by atoms with Crippen LogP contribution >= 0.6 is 22.9 Å². The van der Waals surface area contributed by atoms with E-state index in [2.05, 4.69) is 10.2 Å². The van der Waals surface area contributed by atoms with Gasteiger partial charge < -0.3 is 9.80 Å². The molecule has 0 unspecified atom stereocenters. The molecule has 134 valence electrons. The normalized spacial score (nSPS) is 14.8. The molecule has 1 aromatic heterocycles. The average Bonchev–Trinajstić information content (AvgIpc) is 3.11. The summed E-state index contributed by atoms with van der Waals surface area (Å²) >= 11 is 6.73. The number of anilines is 2. The Morgan fingerprint density at radius 1 is 1.04 bits per heavy atom. The lowest BCUT2D eigenvalue weighted by Gasteiger charge is -2.36. The van der Waals surface area contributed by atoms with Crippen LogP contribution in [0.4, 0.5) is 24.0 Å². The van der Waals surface area contributed by atoms with Crippen molar-refractivity contribution >= 4 is 33.8 Å². The Hall–Kier alpha value is -2.56. The third kappa shape index (κ3) is 3.52. The summed E-state index contributed by atoms with van der Waals surface area (Å²) in [4.78, 5) is 3.59. The van der Waals surface area contributed by atoms with Gasteiger partial charge in [-0.1, -0.05) is 22.9 Å². The van der Waals surface area contributed by atoms with Crippen molar-refractivity contribution in [3.63, 3.8) is 0 Å². The predicted molar refractivity (Wildman–Crippen MR) is 90.2 cm³/mol. The van der Waals surface area contributed by atoms with Crippen LogP contribution in [-0.2, 0) is 6.18 Å². The lowest BCUT2D eigenvalue weighted by molar-refractivity contribution is -0.138. The van der Waals surface area contributed by atoms with Crippen LogP contribution in [0.2, 0.25) is 5.02 Å². The molecule has 1 aliphatic rings. The highest BCUT2D eigenvalue weighted by molar-refractivity contribution is 7.15. The maximum Gasteiger partial charge on any atom is 0.445 e. The van der Waals surface area contributed by atoms with Crippen molar-refractivity contribution in [3.05, 3.63) is 33.3 Å². The summed E-state index contributed by atoms with van der Waals surface area (Å²) in [5.41, 5.74) is 1.11. The fraction of sp³-hybridized carbons (Fsp3) is 0.333. The Kier molecular flexibility index (Phi) is 4.90. The van der Waals surface area contributed by atoms with E-state index in [4.69, 9.17) is 16.9 Å². The number of piperazine rings is 1. The van der Waals surface area contributed by atoms with Gasteiger partial charge in [0.2, 0.25) is 10.1 Å². The summed E-state index contributed by atoms with van der Waals surface area (Å²) in [6, 6.07) is 6.94. The first-order valence-corrected chi connectivity index (χ1v) is 8.57. The van der Waals surface area contributed by atoms with E-state index in [9.17, 15) is 18.4 Å². The van der Waals surface area contributed by atoms with E-state index in [1.807, 2.05) is 17.0 Å². The van der Waals surface area contributed by atoms with Crippen LogP contribution in [-0.4, -0.2) is 36.4 Å². The van der Waals surface area contributed by atoms with Gasteiger partial charge in [-0.15, -0.1) is 10.2 Å². The third-order valence-corrected chi connectivity index (χ3v) is 5.15. The Morgan fingerprint density at radius 3 is 2.23 bits per heavy atom.